The first kappa shape index (κ1) is 22.7. The molecule has 27 heavy (non-hydrogen) atoms. The molecule has 0 aliphatic rings. The molecule has 0 fully saturated rings. The molecule has 1 rings (SSSR count). The number of halogens is 2. The predicted molar refractivity (Wildman–Crippen MR) is 116 cm³/mol. The summed E-state index contributed by atoms with van der Waals surface area (Å²) in [5.74, 6) is 1.26. The first-order chi connectivity index (χ1) is 12.8. The molecule has 0 aliphatic carbocycles. The number of ether oxygens (including phenoxy) is 2. The summed E-state index contributed by atoms with van der Waals surface area (Å²) in [7, 11) is 1.56. The van der Waals surface area contributed by atoms with Gasteiger partial charge in [0.15, 0.2) is 22.4 Å². The van der Waals surface area contributed by atoms with Crippen LogP contribution in [-0.4, -0.2) is 18.5 Å². The Labute approximate surface area is 171 Å². The molecule has 144 valence electrons. The fourth-order valence-corrected chi connectivity index (χ4v) is 2.45. The van der Waals surface area contributed by atoms with E-state index in [1.54, 1.807) is 38.6 Å². The maximum absolute atomic E-state index is 6.39. The van der Waals surface area contributed by atoms with Crippen LogP contribution >= 0.6 is 23.2 Å². The van der Waals surface area contributed by atoms with Gasteiger partial charge in [-0.2, -0.15) is 0 Å². The average Bonchev–Trinajstić information content (AvgIpc) is 2.62. The Morgan fingerprint density at radius 2 is 1.74 bits per heavy atom. The smallest absolute Gasteiger partial charge is 0.179 e. The van der Waals surface area contributed by atoms with E-state index in [1.165, 1.54) is 0 Å². The van der Waals surface area contributed by atoms with E-state index >= 15 is 0 Å². The van der Waals surface area contributed by atoms with Gasteiger partial charge in [-0.25, -0.2) is 4.99 Å². The van der Waals surface area contributed by atoms with Crippen LogP contribution in [0.3, 0.4) is 0 Å². The van der Waals surface area contributed by atoms with E-state index < -0.39 is 0 Å². The van der Waals surface area contributed by atoms with Crippen LogP contribution in [0.4, 0.5) is 0 Å². The first-order valence-electron chi connectivity index (χ1n) is 8.24. The molecule has 0 N–H and O–H groups in total. The highest BCUT2D eigenvalue weighted by atomic mass is 35.5. The Morgan fingerprint density at radius 1 is 1.11 bits per heavy atom. The Kier molecular flexibility index (Phi) is 9.62. The number of allylic oxidation sites excluding steroid dienone is 5. The van der Waals surface area contributed by atoms with E-state index in [-0.39, 0.29) is 10.9 Å². The third kappa shape index (κ3) is 7.08. The lowest BCUT2D eigenvalue weighted by Crippen LogP contribution is -2.07. The molecule has 1 aromatic rings. The minimum absolute atomic E-state index is 0.0802. The number of aliphatic imine (C=N–C) groups is 2. The highest BCUT2D eigenvalue weighted by Gasteiger charge is 2.15. The van der Waals surface area contributed by atoms with Crippen molar-refractivity contribution >= 4 is 34.6 Å². The number of nitrogens with zero attached hydrogens (tertiary/aromatic N) is 2. The van der Waals surface area contributed by atoms with Crippen molar-refractivity contribution in [2.45, 2.75) is 27.7 Å². The van der Waals surface area contributed by atoms with Gasteiger partial charge in [0.1, 0.15) is 0 Å². The van der Waals surface area contributed by atoms with Gasteiger partial charge in [-0.3, -0.25) is 4.99 Å². The molecule has 4 nitrogen and oxygen atoms in total. The zero-order valence-electron chi connectivity index (χ0n) is 16.2. The number of methoxy groups -OCH3 is 1. The fraction of sp³-hybridized carbons (Fsp3) is 0.238. The Balaban J connectivity index is 3.20. The van der Waals surface area contributed by atoms with Crippen LogP contribution in [0, 0.1) is 0 Å². The highest BCUT2D eigenvalue weighted by Crippen LogP contribution is 2.30. The molecular weight excluding hydrogens is 383 g/mol. The maximum Gasteiger partial charge on any atom is 0.179 e. The zero-order chi connectivity index (χ0) is 20.4. The number of rotatable bonds is 8. The molecule has 0 unspecified atom stereocenters. The summed E-state index contributed by atoms with van der Waals surface area (Å²) in [6.45, 7) is 11.4. The van der Waals surface area contributed by atoms with Gasteiger partial charge in [0.2, 0.25) is 0 Å². The monoisotopic (exact) mass is 406 g/mol. The van der Waals surface area contributed by atoms with Gasteiger partial charge in [-0.1, -0.05) is 53.6 Å². The van der Waals surface area contributed by atoms with Gasteiger partial charge in [0.05, 0.1) is 17.8 Å². The quantitative estimate of drug-likeness (QED) is 0.276. The number of hydrogen-bond donors (Lipinski definition) is 0. The van der Waals surface area contributed by atoms with Gasteiger partial charge >= 0.3 is 0 Å². The van der Waals surface area contributed by atoms with Crippen LogP contribution in [-0.2, 0) is 0 Å². The lowest BCUT2D eigenvalue weighted by atomic mass is 10.1. The molecule has 0 radical (unpaired) electrons. The second-order valence-corrected chi connectivity index (χ2v) is 6.56. The minimum atomic E-state index is 0.0802. The number of benzene rings is 1. The van der Waals surface area contributed by atoms with Crippen molar-refractivity contribution in [2.24, 2.45) is 9.98 Å². The number of hydrogen-bond acceptors (Lipinski definition) is 4. The summed E-state index contributed by atoms with van der Waals surface area (Å²) in [6.07, 6.45) is 5.20. The Bertz CT molecular complexity index is 826. The molecule has 0 spiro atoms. The van der Waals surface area contributed by atoms with Gasteiger partial charge < -0.3 is 9.47 Å². The molecule has 6 heteroatoms. The average molecular weight is 407 g/mol. The van der Waals surface area contributed by atoms with E-state index in [9.17, 15) is 0 Å². The van der Waals surface area contributed by atoms with Crippen molar-refractivity contribution in [3.05, 3.63) is 70.8 Å². The molecule has 0 heterocycles. The lowest BCUT2D eigenvalue weighted by molar-refractivity contribution is 0.370. The molecule has 0 amide bonds. The SMILES string of the molecule is C=C(N=C(Cl)/C(Oc1ccccc1OC)=C(\C)Cl)C(C=N/C=C\C)=C(C)C. The van der Waals surface area contributed by atoms with Crippen LogP contribution in [0.25, 0.3) is 0 Å². The molecule has 0 saturated heterocycles. The molecule has 0 atom stereocenters. The van der Waals surface area contributed by atoms with E-state index in [0.717, 1.165) is 11.1 Å². The Hall–Kier alpha value is -2.30. The second kappa shape index (κ2) is 11.4. The standard InChI is InChI=1S/C21H24Cl2N2O2/c1-7-12-24-13-17(14(2)3)16(5)25-21(23)20(15(4)22)27-19-11-9-8-10-18(19)26-6/h7-13H,5H2,1-4,6H3/b12-7-,20-15-,24-13?,25-21?. The lowest BCUT2D eigenvalue weighted by Gasteiger charge is -2.13. The van der Waals surface area contributed by atoms with Crippen molar-refractivity contribution in [3.8, 4) is 11.5 Å². The fourth-order valence-electron chi connectivity index (χ4n) is 1.99. The summed E-state index contributed by atoms with van der Waals surface area (Å²) in [5.41, 5.74) is 2.22. The minimum Gasteiger partial charge on any atom is -0.493 e. The first-order valence-corrected chi connectivity index (χ1v) is 9.00. The molecule has 1 aromatic carbocycles. The summed E-state index contributed by atoms with van der Waals surface area (Å²) in [5, 5.41) is 0.431. The molecule has 0 aromatic heterocycles. The van der Waals surface area contributed by atoms with E-state index in [4.69, 9.17) is 32.7 Å². The van der Waals surface area contributed by atoms with Crippen molar-refractivity contribution in [2.75, 3.05) is 7.11 Å². The zero-order valence-corrected chi connectivity index (χ0v) is 17.7. The third-order valence-electron chi connectivity index (χ3n) is 3.30. The third-order valence-corrected chi connectivity index (χ3v) is 3.73. The molecule has 0 bridgehead atoms. The summed E-state index contributed by atoms with van der Waals surface area (Å²) in [6, 6.07) is 7.19. The molecule has 0 aliphatic heterocycles. The van der Waals surface area contributed by atoms with Crippen LogP contribution in [0.2, 0.25) is 0 Å². The Morgan fingerprint density at radius 3 is 2.26 bits per heavy atom. The summed E-state index contributed by atoms with van der Waals surface area (Å²) in [4.78, 5) is 8.54. The molecular formula is C21H24Cl2N2O2. The van der Waals surface area contributed by atoms with Gasteiger partial charge in [0, 0.05) is 18.0 Å². The topological polar surface area (TPSA) is 43.2 Å². The second-order valence-electron chi connectivity index (χ2n) is 5.64. The van der Waals surface area contributed by atoms with Crippen LogP contribution in [0.1, 0.15) is 27.7 Å². The predicted octanol–water partition coefficient (Wildman–Crippen LogP) is 6.64. The van der Waals surface area contributed by atoms with E-state index in [1.807, 2.05) is 39.0 Å². The van der Waals surface area contributed by atoms with Crippen molar-refractivity contribution in [1.82, 2.24) is 0 Å². The van der Waals surface area contributed by atoms with E-state index in [0.29, 0.717) is 22.2 Å². The van der Waals surface area contributed by atoms with Crippen molar-refractivity contribution in [1.29, 1.82) is 0 Å². The van der Waals surface area contributed by atoms with Crippen LogP contribution in [0.5, 0.6) is 11.5 Å². The van der Waals surface area contributed by atoms with Gasteiger partial charge in [0.25, 0.3) is 0 Å². The van der Waals surface area contributed by atoms with Crippen molar-refractivity contribution < 1.29 is 9.47 Å². The summed E-state index contributed by atoms with van der Waals surface area (Å²) < 4.78 is 11.1. The normalized spacial score (nSPS) is 12.9. The maximum atomic E-state index is 6.39. The van der Waals surface area contributed by atoms with Crippen LogP contribution in [0.15, 0.2) is 80.7 Å². The largest absolute Gasteiger partial charge is 0.493 e. The van der Waals surface area contributed by atoms with Crippen LogP contribution < -0.4 is 9.47 Å². The number of para-hydroxylation sites is 2. The molecule has 0 saturated carbocycles. The van der Waals surface area contributed by atoms with Crippen molar-refractivity contribution in [3.63, 3.8) is 0 Å². The van der Waals surface area contributed by atoms with Gasteiger partial charge in [-0.15, -0.1) is 0 Å². The highest BCUT2D eigenvalue weighted by molar-refractivity contribution is 6.70. The van der Waals surface area contributed by atoms with E-state index in [2.05, 4.69) is 16.6 Å². The summed E-state index contributed by atoms with van der Waals surface area (Å²) >= 11 is 12.6. The van der Waals surface area contributed by atoms with Gasteiger partial charge in [-0.05, 0) is 39.8 Å².